The molecule has 0 saturated heterocycles. The van der Waals surface area contributed by atoms with Crippen LogP contribution in [0.15, 0.2) is 27.8 Å². The standard InChI is InChI=1S/C14H23N/c1-9-7-14(9)13(5)12(4)11(3)10(2)8-15-6/h7-8,10,13-14H,1-6H3/b12-11-,15-8?. The molecule has 3 atom stereocenters. The van der Waals surface area contributed by atoms with Crippen LogP contribution >= 0.6 is 0 Å². The Bertz CT molecular complexity index is 320. The van der Waals surface area contributed by atoms with Crippen molar-refractivity contribution in [2.24, 2.45) is 22.7 Å². The van der Waals surface area contributed by atoms with Gasteiger partial charge < -0.3 is 4.99 Å². The average Bonchev–Trinajstić information content (AvgIpc) is 2.92. The molecule has 0 N–H and O–H groups in total. The molecular weight excluding hydrogens is 182 g/mol. The van der Waals surface area contributed by atoms with Gasteiger partial charge >= 0.3 is 0 Å². The number of aliphatic imine (C=N–C) groups is 1. The first-order chi connectivity index (χ1) is 6.99. The van der Waals surface area contributed by atoms with Crippen LogP contribution in [0.3, 0.4) is 0 Å². The Labute approximate surface area is 94.0 Å². The Morgan fingerprint density at radius 1 is 1.33 bits per heavy atom. The zero-order chi connectivity index (χ0) is 11.6. The van der Waals surface area contributed by atoms with Gasteiger partial charge in [-0.1, -0.05) is 36.6 Å². The summed E-state index contributed by atoms with van der Waals surface area (Å²) in [6.07, 6.45) is 4.39. The lowest BCUT2D eigenvalue weighted by molar-refractivity contribution is 0.603. The number of nitrogens with zero attached hydrogens (tertiary/aromatic N) is 1. The number of hydrogen-bond acceptors (Lipinski definition) is 1. The summed E-state index contributed by atoms with van der Waals surface area (Å²) in [5.41, 5.74) is 4.55. The molecule has 84 valence electrons. The Morgan fingerprint density at radius 3 is 2.27 bits per heavy atom. The van der Waals surface area contributed by atoms with Gasteiger partial charge in [0, 0.05) is 25.1 Å². The highest BCUT2D eigenvalue weighted by Crippen LogP contribution is 2.39. The van der Waals surface area contributed by atoms with Gasteiger partial charge in [0.1, 0.15) is 0 Å². The molecule has 0 radical (unpaired) electrons. The second kappa shape index (κ2) is 4.78. The molecule has 0 aromatic heterocycles. The van der Waals surface area contributed by atoms with Gasteiger partial charge in [-0.25, -0.2) is 0 Å². The molecule has 0 aromatic carbocycles. The predicted molar refractivity (Wildman–Crippen MR) is 68.4 cm³/mol. The summed E-state index contributed by atoms with van der Waals surface area (Å²) < 4.78 is 0. The van der Waals surface area contributed by atoms with Crippen molar-refractivity contribution >= 4 is 6.21 Å². The Hall–Kier alpha value is -0.850. The molecule has 0 saturated carbocycles. The van der Waals surface area contributed by atoms with Crippen LogP contribution in [0, 0.1) is 17.8 Å². The SMILES string of the molecule is CN=CC(C)/C(C)=C(/C)C(C)C1C=C1C. The van der Waals surface area contributed by atoms with Crippen molar-refractivity contribution in [3.63, 3.8) is 0 Å². The van der Waals surface area contributed by atoms with Crippen LogP contribution in [-0.4, -0.2) is 13.3 Å². The third kappa shape index (κ3) is 2.80. The van der Waals surface area contributed by atoms with Crippen molar-refractivity contribution < 1.29 is 0 Å². The van der Waals surface area contributed by atoms with Crippen molar-refractivity contribution in [1.29, 1.82) is 0 Å². The molecule has 0 amide bonds. The Balaban J connectivity index is 2.71. The molecule has 0 spiro atoms. The summed E-state index contributed by atoms with van der Waals surface area (Å²) in [7, 11) is 1.84. The van der Waals surface area contributed by atoms with E-state index in [9.17, 15) is 0 Å². The van der Waals surface area contributed by atoms with Crippen molar-refractivity contribution in [3.05, 3.63) is 22.8 Å². The second-order valence-electron chi connectivity index (χ2n) is 4.79. The molecule has 1 rings (SSSR count). The summed E-state index contributed by atoms with van der Waals surface area (Å²) >= 11 is 0. The van der Waals surface area contributed by atoms with Crippen molar-refractivity contribution in [3.8, 4) is 0 Å². The van der Waals surface area contributed by atoms with E-state index in [1.54, 1.807) is 5.57 Å². The van der Waals surface area contributed by atoms with Crippen LogP contribution < -0.4 is 0 Å². The first kappa shape index (κ1) is 12.2. The molecule has 1 nitrogen and oxygen atoms in total. The van der Waals surface area contributed by atoms with E-state index in [1.807, 2.05) is 13.3 Å². The lowest BCUT2D eigenvalue weighted by Gasteiger charge is -2.18. The van der Waals surface area contributed by atoms with E-state index in [0.717, 1.165) is 5.92 Å². The monoisotopic (exact) mass is 205 g/mol. The van der Waals surface area contributed by atoms with Gasteiger partial charge in [-0.15, -0.1) is 0 Å². The fraction of sp³-hybridized carbons (Fsp3) is 0.643. The van der Waals surface area contributed by atoms with Crippen molar-refractivity contribution in [2.45, 2.75) is 34.6 Å². The Morgan fingerprint density at radius 2 is 1.87 bits per heavy atom. The highest BCUT2D eigenvalue weighted by atomic mass is 14.6. The first-order valence-corrected chi connectivity index (χ1v) is 5.76. The molecule has 0 aromatic rings. The maximum absolute atomic E-state index is 4.10. The summed E-state index contributed by atoms with van der Waals surface area (Å²) in [5, 5.41) is 0. The van der Waals surface area contributed by atoms with Crippen LogP contribution in [0.4, 0.5) is 0 Å². The number of rotatable bonds is 4. The predicted octanol–water partition coefficient (Wildman–Crippen LogP) is 3.87. The maximum Gasteiger partial charge on any atom is 0.0273 e. The van der Waals surface area contributed by atoms with Crippen LogP contribution in [-0.2, 0) is 0 Å². The molecule has 3 unspecified atom stereocenters. The molecule has 0 heterocycles. The third-order valence-corrected chi connectivity index (χ3v) is 3.76. The molecule has 0 aliphatic heterocycles. The van der Waals surface area contributed by atoms with E-state index in [0.29, 0.717) is 11.8 Å². The van der Waals surface area contributed by atoms with E-state index < -0.39 is 0 Å². The van der Waals surface area contributed by atoms with Gasteiger partial charge in [0.05, 0.1) is 0 Å². The molecule has 0 fully saturated rings. The van der Waals surface area contributed by atoms with Crippen molar-refractivity contribution in [2.75, 3.05) is 7.05 Å². The summed E-state index contributed by atoms with van der Waals surface area (Å²) in [6, 6.07) is 0. The second-order valence-corrected chi connectivity index (χ2v) is 4.79. The van der Waals surface area contributed by atoms with E-state index in [1.165, 1.54) is 11.1 Å². The zero-order valence-corrected chi connectivity index (χ0v) is 10.8. The van der Waals surface area contributed by atoms with Crippen LogP contribution in [0.1, 0.15) is 34.6 Å². The maximum atomic E-state index is 4.10. The summed E-state index contributed by atoms with van der Waals surface area (Å²) in [5.74, 6) is 1.86. The third-order valence-electron chi connectivity index (χ3n) is 3.76. The first-order valence-electron chi connectivity index (χ1n) is 5.76. The molecule has 15 heavy (non-hydrogen) atoms. The quantitative estimate of drug-likeness (QED) is 0.488. The summed E-state index contributed by atoms with van der Waals surface area (Å²) in [4.78, 5) is 4.10. The minimum Gasteiger partial charge on any atom is -0.300 e. The van der Waals surface area contributed by atoms with E-state index in [4.69, 9.17) is 0 Å². The topological polar surface area (TPSA) is 12.4 Å². The largest absolute Gasteiger partial charge is 0.300 e. The van der Waals surface area contributed by atoms with E-state index in [-0.39, 0.29) is 0 Å². The van der Waals surface area contributed by atoms with Gasteiger partial charge in [0.15, 0.2) is 0 Å². The van der Waals surface area contributed by atoms with E-state index in [2.05, 4.69) is 45.7 Å². The van der Waals surface area contributed by atoms with Gasteiger partial charge in [-0.2, -0.15) is 0 Å². The molecule has 1 heteroatoms. The lowest BCUT2D eigenvalue weighted by Crippen LogP contribution is -2.08. The minimum absolute atomic E-state index is 0.469. The number of allylic oxidation sites excluding steroid dienone is 4. The fourth-order valence-corrected chi connectivity index (χ4v) is 2.10. The van der Waals surface area contributed by atoms with Crippen molar-refractivity contribution in [1.82, 2.24) is 0 Å². The number of hydrogen-bond donors (Lipinski definition) is 0. The Kier molecular flexibility index (Phi) is 3.90. The molecule has 0 bridgehead atoms. The van der Waals surface area contributed by atoms with Gasteiger partial charge in [-0.05, 0) is 26.7 Å². The normalized spacial score (nSPS) is 26.0. The highest BCUT2D eigenvalue weighted by molar-refractivity contribution is 5.64. The minimum atomic E-state index is 0.469. The van der Waals surface area contributed by atoms with E-state index >= 15 is 0 Å². The van der Waals surface area contributed by atoms with Gasteiger partial charge in [0.25, 0.3) is 0 Å². The van der Waals surface area contributed by atoms with Crippen LogP contribution in [0.5, 0.6) is 0 Å². The molecule has 1 aliphatic carbocycles. The van der Waals surface area contributed by atoms with Gasteiger partial charge in [0.2, 0.25) is 0 Å². The smallest absolute Gasteiger partial charge is 0.0273 e. The zero-order valence-electron chi connectivity index (χ0n) is 10.8. The lowest BCUT2D eigenvalue weighted by atomic mass is 9.87. The summed E-state index contributed by atoms with van der Waals surface area (Å²) in [6.45, 7) is 11.3. The van der Waals surface area contributed by atoms with Gasteiger partial charge in [-0.3, -0.25) is 0 Å². The molecular formula is C14H23N. The molecule has 1 aliphatic rings. The highest BCUT2D eigenvalue weighted by Gasteiger charge is 2.28. The fourth-order valence-electron chi connectivity index (χ4n) is 2.10. The average molecular weight is 205 g/mol. The van der Waals surface area contributed by atoms with Crippen LogP contribution in [0.25, 0.3) is 0 Å². The van der Waals surface area contributed by atoms with Crippen LogP contribution in [0.2, 0.25) is 0 Å².